The van der Waals surface area contributed by atoms with Gasteiger partial charge in [0.05, 0.1) is 0 Å². The van der Waals surface area contributed by atoms with Crippen LogP contribution in [0.2, 0.25) is 0 Å². The van der Waals surface area contributed by atoms with E-state index >= 15 is 0 Å². The van der Waals surface area contributed by atoms with Crippen LogP contribution in [0.25, 0.3) is 0 Å². The minimum absolute atomic E-state index is 0.0875. The van der Waals surface area contributed by atoms with Gasteiger partial charge in [0.25, 0.3) is 0 Å². The van der Waals surface area contributed by atoms with Crippen LogP contribution in [-0.4, -0.2) is 31.1 Å². The van der Waals surface area contributed by atoms with Gasteiger partial charge in [-0.15, -0.1) is 0 Å². The average Bonchev–Trinajstić information content (AvgIpc) is 2.38. The molecular weight excluding hydrogens is 238 g/mol. The van der Waals surface area contributed by atoms with Crippen LogP contribution in [0.5, 0.6) is 0 Å². The molecule has 0 bridgehead atoms. The van der Waals surface area contributed by atoms with Crippen molar-refractivity contribution in [3.05, 3.63) is 29.3 Å². The third-order valence-electron chi connectivity index (χ3n) is 3.77. The number of hydrogen-bond donors (Lipinski definition) is 2. The van der Waals surface area contributed by atoms with E-state index in [0.29, 0.717) is 19.5 Å². The molecule has 0 saturated carbocycles. The SMILES string of the molecule is Cc1ccc(C)c(N2C(C)CNC(=O)C2CCN)c1. The van der Waals surface area contributed by atoms with Gasteiger partial charge in [0, 0.05) is 18.3 Å². The van der Waals surface area contributed by atoms with Crippen LogP contribution in [0.3, 0.4) is 0 Å². The fourth-order valence-electron chi connectivity index (χ4n) is 2.73. The van der Waals surface area contributed by atoms with E-state index in [1.807, 2.05) is 0 Å². The second kappa shape index (κ2) is 5.61. The Balaban J connectivity index is 2.41. The summed E-state index contributed by atoms with van der Waals surface area (Å²) in [5.41, 5.74) is 9.24. The molecule has 2 rings (SSSR count). The number of amides is 1. The Morgan fingerprint density at radius 1 is 1.42 bits per heavy atom. The van der Waals surface area contributed by atoms with Crippen molar-refractivity contribution in [1.82, 2.24) is 5.32 Å². The Morgan fingerprint density at radius 2 is 2.16 bits per heavy atom. The van der Waals surface area contributed by atoms with Gasteiger partial charge in [-0.1, -0.05) is 12.1 Å². The number of nitrogens with two attached hydrogens (primary N) is 1. The molecule has 1 fully saturated rings. The zero-order chi connectivity index (χ0) is 14.0. The Bertz CT molecular complexity index is 472. The van der Waals surface area contributed by atoms with E-state index in [-0.39, 0.29) is 18.0 Å². The number of piperazine rings is 1. The van der Waals surface area contributed by atoms with Gasteiger partial charge < -0.3 is 16.0 Å². The lowest BCUT2D eigenvalue weighted by atomic mass is 10.0. The predicted octanol–water partition coefficient (Wildman–Crippen LogP) is 1.35. The first-order valence-electron chi connectivity index (χ1n) is 6.88. The van der Waals surface area contributed by atoms with Gasteiger partial charge in [-0.3, -0.25) is 4.79 Å². The number of carbonyl (C=O) groups is 1. The number of hydrogen-bond acceptors (Lipinski definition) is 3. The van der Waals surface area contributed by atoms with Gasteiger partial charge in [-0.05, 0) is 50.9 Å². The molecule has 0 aliphatic carbocycles. The standard InChI is InChI=1S/C15H23N3O/c1-10-4-5-11(2)14(8-10)18-12(3)9-17-15(19)13(18)6-7-16/h4-5,8,12-13H,6-7,9,16H2,1-3H3,(H,17,19). The van der Waals surface area contributed by atoms with Crippen LogP contribution in [0.15, 0.2) is 18.2 Å². The maximum Gasteiger partial charge on any atom is 0.242 e. The zero-order valence-electron chi connectivity index (χ0n) is 11.9. The topological polar surface area (TPSA) is 58.4 Å². The first-order chi connectivity index (χ1) is 9.04. The number of rotatable bonds is 3. The minimum atomic E-state index is -0.158. The molecular formula is C15H23N3O. The third kappa shape index (κ3) is 2.73. The summed E-state index contributed by atoms with van der Waals surface area (Å²) in [6.45, 7) is 7.52. The highest BCUT2D eigenvalue weighted by Gasteiger charge is 2.34. The van der Waals surface area contributed by atoms with Crippen LogP contribution in [0, 0.1) is 13.8 Å². The van der Waals surface area contributed by atoms with Crippen molar-refractivity contribution in [2.45, 2.75) is 39.3 Å². The van der Waals surface area contributed by atoms with Crippen LogP contribution in [-0.2, 0) is 4.79 Å². The first kappa shape index (κ1) is 13.9. The predicted molar refractivity (Wildman–Crippen MR) is 78.3 cm³/mol. The minimum Gasteiger partial charge on any atom is -0.355 e. The number of anilines is 1. The fourth-order valence-corrected chi connectivity index (χ4v) is 2.73. The molecule has 19 heavy (non-hydrogen) atoms. The molecule has 0 radical (unpaired) electrons. The lowest BCUT2D eigenvalue weighted by Gasteiger charge is -2.42. The third-order valence-corrected chi connectivity index (χ3v) is 3.77. The van der Waals surface area contributed by atoms with Crippen molar-refractivity contribution in [3.63, 3.8) is 0 Å². The number of carbonyl (C=O) groups excluding carboxylic acids is 1. The normalized spacial score (nSPS) is 23.4. The van der Waals surface area contributed by atoms with Crippen LogP contribution in [0.4, 0.5) is 5.69 Å². The summed E-state index contributed by atoms with van der Waals surface area (Å²) < 4.78 is 0. The van der Waals surface area contributed by atoms with Crippen LogP contribution < -0.4 is 16.0 Å². The highest BCUT2D eigenvalue weighted by Crippen LogP contribution is 2.28. The lowest BCUT2D eigenvalue weighted by molar-refractivity contribution is -0.123. The molecule has 2 unspecified atom stereocenters. The second-order valence-electron chi connectivity index (χ2n) is 5.38. The number of nitrogens with zero attached hydrogens (tertiary/aromatic N) is 1. The van der Waals surface area contributed by atoms with E-state index in [4.69, 9.17) is 5.73 Å². The molecule has 1 heterocycles. The maximum atomic E-state index is 12.1. The summed E-state index contributed by atoms with van der Waals surface area (Å²) in [5, 5.41) is 2.96. The fraction of sp³-hybridized carbons (Fsp3) is 0.533. The number of aryl methyl sites for hydroxylation is 2. The van der Waals surface area contributed by atoms with E-state index in [9.17, 15) is 4.79 Å². The van der Waals surface area contributed by atoms with Crippen molar-refractivity contribution >= 4 is 11.6 Å². The van der Waals surface area contributed by atoms with E-state index in [2.05, 4.69) is 49.2 Å². The Kier molecular flexibility index (Phi) is 4.10. The van der Waals surface area contributed by atoms with Crippen LogP contribution >= 0.6 is 0 Å². The van der Waals surface area contributed by atoms with Gasteiger partial charge in [0.1, 0.15) is 6.04 Å². The highest BCUT2D eigenvalue weighted by molar-refractivity contribution is 5.87. The molecule has 1 amide bonds. The summed E-state index contributed by atoms with van der Waals surface area (Å²) >= 11 is 0. The number of benzene rings is 1. The molecule has 3 N–H and O–H groups in total. The molecule has 104 valence electrons. The smallest absolute Gasteiger partial charge is 0.242 e. The molecule has 2 atom stereocenters. The molecule has 0 spiro atoms. The summed E-state index contributed by atoms with van der Waals surface area (Å²) in [6, 6.07) is 6.51. The molecule has 4 heteroatoms. The molecule has 0 aromatic heterocycles. The van der Waals surface area contributed by atoms with Crippen molar-refractivity contribution in [1.29, 1.82) is 0 Å². The summed E-state index contributed by atoms with van der Waals surface area (Å²) in [5.74, 6) is 0.0875. The van der Waals surface area contributed by atoms with Crippen LogP contribution in [0.1, 0.15) is 24.5 Å². The molecule has 1 aliphatic heterocycles. The largest absolute Gasteiger partial charge is 0.355 e. The summed E-state index contributed by atoms with van der Waals surface area (Å²) in [6.07, 6.45) is 0.684. The van der Waals surface area contributed by atoms with Gasteiger partial charge in [0.2, 0.25) is 5.91 Å². The maximum absolute atomic E-state index is 12.1. The van der Waals surface area contributed by atoms with Gasteiger partial charge >= 0.3 is 0 Å². The molecule has 1 aliphatic rings. The molecule has 1 aromatic rings. The Morgan fingerprint density at radius 3 is 2.84 bits per heavy atom. The summed E-state index contributed by atoms with van der Waals surface area (Å²) in [4.78, 5) is 14.3. The first-order valence-corrected chi connectivity index (χ1v) is 6.88. The van der Waals surface area contributed by atoms with Crippen molar-refractivity contribution in [3.8, 4) is 0 Å². The Labute approximate surface area is 115 Å². The quantitative estimate of drug-likeness (QED) is 0.863. The molecule has 4 nitrogen and oxygen atoms in total. The van der Waals surface area contributed by atoms with Crippen molar-refractivity contribution < 1.29 is 4.79 Å². The second-order valence-corrected chi connectivity index (χ2v) is 5.38. The zero-order valence-corrected chi connectivity index (χ0v) is 11.9. The lowest BCUT2D eigenvalue weighted by Crippen LogP contribution is -2.60. The monoisotopic (exact) mass is 261 g/mol. The number of nitrogens with one attached hydrogen (secondary N) is 1. The van der Waals surface area contributed by atoms with Gasteiger partial charge in [-0.25, -0.2) is 0 Å². The van der Waals surface area contributed by atoms with E-state index in [0.717, 1.165) is 5.69 Å². The van der Waals surface area contributed by atoms with Gasteiger partial charge in [-0.2, -0.15) is 0 Å². The van der Waals surface area contributed by atoms with E-state index in [1.165, 1.54) is 11.1 Å². The molecule has 1 aromatic carbocycles. The van der Waals surface area contributed by atoms with Gasteiger partial charge in [0.15, 0.2) is 0 Å². The highest BCUT2D eigenvalue weighted by atomic mass is 16.2. The Hall–Kier alpha value is -1.55. The average molecular weight is 261 g/mol. The van der Waals surface area contributed by atoms with Crippen molar-refractivity contribution in [2.24, 2.45) is 5.73 Å². The van der Waals surface area contributed by atoms with E-state index in [1.54, 1.807) is 0 Å². The van der Waals surface area contributed by atoms with E-state index < -0.39 is 0 Å². The summed E-state index contributed by atoms with van der Waals surface area (Å²) in [7, 11) is 0. The van der Waals surface area contributed by atoms with Crippen molar-refractivity contribution in [2.75, 3.05) is 18.0 Å². The molecule has 1 saturated heterocycles.